The maximum absolute atomic E-state index is 12.7. The summed E-state index contributed by atoms with van der Waals surface area (Å²) in [5.41, 5.74) is 2.32. The second-order valence-electron chi connectivity index (χ2n) is 7.35. The molecule has 0 bridgehead atoms. The number of aromatic nitrogens is 2. The average molecular weight is 499 g/mol. The van der Waals surface area contributed by atoms with E-state index in [2.05, 4.69) is 20.0 Å². The predicted molar refractivity (Wildman–Crippen MR) is 133 cm³/mol. The van der Waals surface area contributed by atoms with E-state index in [4.69, 9.17) is 14.2 Å². The fourth-order valence-electron chi connectivity index (χ4n) is 3.27. The molecule has 0 fully saturated rings. The second kappa shape index (κ2) is 10.9. The monoisotopic (exact) mass is 498 g/mol. The Kier molecular flexibility index (Phi) is 7.92. The van der Waals surface area contributed by atoms with Gasteiger partial charge in [0, 0.05) is 28.7 Å². The maximum atomic E-state index is 12.7. The fraction of sp³-hybridized carbons (Fsp3) is 0.208. The number of carbonyl (C=O) groups excluding carboxylic acids is 1. The molecule has 1 aromatic heterocycles. The topological polar surface area (TPSA) is 129 Å². The lowest BCUT2D eigenvalue weighted by Crippen LogP contribution is -2.16. The third-order valence-corrected chi connectivity index (χ3v) is 6.13. The van der Waals surface area contributed by atoms with Crippen molar-refractivity contribution in [2.45, 2.75) is 18.7 Å². The highest BCUT2D eigenvalue weighted by Crippen LogP contribution is 2.40. The largest absolute Gasteiger partial charge is 0.493 e. The second-order valence-corrected chi connectivity index (χ2v) is 9.03. The molecule has 0 aliphatic carbocycles. The lowest BCUT2D eigenvalue weighted by molar-refractivity contribution is -0.111. The van der Waals surface area contributed by atoms with Gasteiger partial charge in [-0.15, -0.1) is 0 Å². The number of sulfonamides is 1. The highest BCUT2D eigenvalue weighted by Gasteiger charge is 2.17. The number of hydrogen-bond donors (Lipinski definition) is 2. The number of aryl methyl sites for hydroxylation is 2. The summed E-state index contributed by atoms with van der Waals surface area (Å²) in [5.74, 6) is 0.911. The van der Waals surface area contributed by atoms with Crippen LogP contribution in [0.5, 0.6) is 17.2 Å². The molecule has 1 heterocycles. The quantitative estimate of drug-likeness (QED) is 0.429. The van der Waals surface area contributed by atoms with Gasteiger partial charge in [-0.3, -0.25) is 4.79 Å². The molecule has 0 spiro atoms. The Morgan fingerprint density at radius 3 is 2.09 bits per heavy atom. The van der Waals surface area contributed by atoms with Crippen molar-refractivity contribution in [3.8, 4) is 17.2 Å². The van der Waals surface area contributed by atoms with E-state index >= 15 is 0 Å². The normalized spacial score (nSPS) is 11.2. The Balaban J connectivity index is 1.71. The Morgan fingerprint density at radius 2 is 1.51 bits per heavy atom. The third-order valence-electron chi connectivity index (χ3n) is 4.79. The van der Waals surface area contributed by atoms with Gasteiger partial charge in [0.25, 0.3) is 10.0 Å². The van der Waals surface area contributed by atoms with E-state index in [-0.39, 0.29) is 10.8 Å². The molecule has 35 heavy (non-hydrogen) atoms. The molecular weight excluding hydrogens is 472 g/mol. The Bertz CT molecular complexity index is 1330. The van der Waals surface area contributed by atoms with Crippen LogP contribution in [-0.4, -0.2) is 45.6 Å². The van der Waals surface area contributed by atoms with E-state index in [9.17, 15) is 13.2 Å². The number of methoxy groups -OCH3 is 3. The molecular formula is C24H26N4O6S. The third kappa shape index (κ3) is 6.27. The molecule has 0 aliphatic heterocycles. The Morgan fingerprint density at radius 1 is 0.886 bits per heavy atom. The predicted octanol–water partition coefficient (Wildman–Crippen LogP) is 3.57. The summed E-state index contributed by atoms with van der Waals surface area (Å²) in [6.07, 6.45) is 2.90. The summed E-state index contributed by atoms with van der Waals surface area (Å²) in [6.45, 7) is 3.50. The molecule has 2 aromatic carbocycles. The van der Waals surface area contributed by atoms with Crippen molar-refractivity contribution in [3.05, 3.63) is 65.5 Å². The van der Waals surface area contributed by atoms with Crippen LogP contribution in [0.2, 0.25) is 0 Å². The van der Waals surface area contributed by atoms with Crippen molar-refractivity contribution in [1.82, 2.24) is 9.97 Å². The number of ether oxygens (including phenoxy) is 3. The maximum Gasteiger partial charge on any atom is 0.264 e. The SMILES string of the molecule is COc1ccc(/C=C/C(=O)Nc2ccc(S(=O)(=O)Nc3nc(C)cc(C)n3)cc2)c(OC)c1OC. The zero-order valence-electron chi connectivity index (χ0n) is 19.9. The van der Waals surface area contributed by atoms with Gasteiger partial charge in [-0.05, 0) is 62.4 Å². The summed E-state index contributed by atoms with van der Waals surface area (Å²) < 4.78 is 43.7. The van der Waals surface area contributed by atoms with Crippen molar-refractivity contribution in [1.29, 1.82) is 0 Å². The van der Waals surface area contributed by atoms with E-state index in [1.54, 1.807) is 38.1 Å². The van der Waals surface area contributed by atoms with Gasteiger partial charge in [-0.1, -0.05) is 0 Å². The molecule has 0 saturated carbocycles. The lowest BCUT2D eigenvalue weighted by atomic mass is 10.1. The number of amides is 1. The van der Waals surface area contributed by atoms with Crippen LogP contribution in [0.1, 0.15) is 17.0 Å². The van der Waals surface area contributed by atoms with Crippen LogP contribution >= 0.6 is 0 Å². The van der Waals surface area contributed by atoms with Crippen molar-refractivity contribution >= 4 is 33.6 Å². The van der Waals surface area contributed by atoms with Crippen molar-refractivity contribution in [2.24, 2.45) is 0 Å². The van der Waals surface area contributed by atoms with E-state index in [0.29, 0.717) is 39.9 Å². The molecule has 10 nitrogen and oxygen atoms in total. The van der Waals surface area contributed by atoms with Gasteiger partial charge >= 0.3 is 0 Å². The molecule has 1 amide bonds. The van der Waals surface area contributed by atoms with Gasteiger partial charge in [0.2, 0.25) is 17.6 Å². The van der Waals surface area contributed by atoms with Crippen molar-refractivity contribution in [2.75, 3.05) is 31.4 Å². The van der Waals surface area contributed by atoms with Crippen LogP contribution < -0.4 is 24.2 Å². The van der Waals surface area contributed by atoms with E-state index in [1.807, 2.05) is 0 Å². The first kappa shape index (κ1) is 25.5. The van der Waals surface area contributed by atoms with Crippen molar-refractivity contribution < 1.29 is 27.4 Å². The summed E-state index contributed by atoms with van der Waals surface area (Å²) >= 11 is 0. The minimum atomic E-state index is -3.90. The van der Waals surface area contributed by atoms with Crippen LogP contribution in [0.3, 0.4) is 0 Å². The van der Waals surface area contributed by atoms with Gasteiger partial charge in [0.1, 0.15) is 0 Å². The Labute approximate surface area is 204 Å². The highest BCUT2D eigenvalue weighted by atomic mass is 32.2. The standard InChI is InChI=1S/C24H26N4O6S/c1-15-14-16(2)26-24(25-15)28-35(30,31)19-10-8-18(9-11-19)27-21(29)13-7-17-6-12-20(32-3)23(34-5)22(17)33-4/h6-14H,1-5H3,(H,27,29)(H,25,26,28)/b13-7+. The van der Waals surface area contributed by atoms with Gasteiger partial charge in [-0.2, -0.15) is 0 Å². The minimum absolute atomic E-state index is 0.00358. The zero-order chi connectivity index (χ0) is 25.6. The van der Waals surface area contributed by atoms with Gasteiger partial charge in [0.05, 0.1) is 26.2 Å². The first-order valence-electron chi connectivity index (χ1n) is 10.4. The number of hydrogen-bond acceptors (Lipinski definition) is 8. The van der Waals surface area contributed by atoms with Gasteiger partial charge in [-0.25, -0.2) is 23.1 Å². The van der Waals surface area contributed by atoms with Crippen LogP contribution in [0, 0.1) is 13.8 Å². The molecule has 3 rings (SSSR count). The smallest absolute Gasteiger partial charge is 0.264 e. The Hall–Kier alpha value is -4.12. The number of carbonyl (C=O) groups is 1. The number of anilines is 2. The summed E-state index contributed by atoms with van der Waals surface area (Å²) in [4.78, 5) is 20.6. The molecule has 0 atom stereocenters. The van der Waals surface area contributed by atoms with Crippen molar-refractivity contribution in [3.63, 3.8) is 0 Å². The summed E-state index contributed by atoms with van der Waals surface area (Å²) in [7, 11) is 0.608. The highest BCUT2D eigenvalue weighted by molar-refractivity contribution is 7.92. The molecule has 11 heteroatoms. The molecule has 3 aromatic rings. The van der Waals surface area contributed by atoms with Crippen LogP contribution in [0.25, 0.3) is 6.08 Å². The first-order valence-corrected chi connectivity index (χ1v) is 11.9. The lowest BCUT2D eigenvalue weighted by Gasteiger charge is -2.14. The van der Waals surface area contributed by atoms with E-state index in [0.717, 1.165) is 0 Å². The number of nitrogens with one attached hydrogen (secondary N) is 2. The fourth-order valence-corrected chi connectivity index (χ4v) is 4.22. The van der Waals surface area contributed by atoms with E-state index < -0.39 is 15.9 Å². The molecule has 0 unspecified atom stereocenters. The molecule has 2 N–H and O–H groups in total. The number of nitrogens with zero attached hydrogens (tertiary/aromatic N) is 2. The van der Waals surface area contributed by atoms with Crippen LogP contribution in [0.4, 0.5) is 11.6 Å². The molecule has 0 radical (unpaired) electrons. The number of benzene rings is 2. The molecule has 184 valence electrons. The first-order chi connectivity index (χ1) is 16.7. The van der Waals surface area contributed by atoms with Crippen LogP contribution in [-0.2, 0) is 14.8 Å². The summed E-state index contributed by atoms with van der Waals surface area (Å²) in [6, 6.07) is 10.9. The van der Waals surface area contributed by atoms with Gasteiger partial charge < -0.3 is 19.5 Å². The average Bonchev–Trinajstić information content (AvgIpc) is 2.81. The number of rotatable bonds is 9. The van der Waals surface area contributed by atoms with E-state index in [1.165, 1.54) is 51.7 Å². The molecule has 0 saturated heterocycles. The summed E-state index contributed by atoms with van der Waals surface area (Å²) in [5, 5.41) is 2.68. The zero-order valence-corrected chi connectivity index (χ0v) is 20.8. The minimum Gasteiger partial charge on any atom is -0.493 e. The van der Waals surface area contributed by atoms with Gasteiger partial charge in [0.15, 0.2) is 11.5 Å². The molecule has 0 aliphatic rings. The van der Waals surface area contributed by atoms with Crippen LogP contribution in [0.15, 0.2) is 53.4 Å².